The Morgan fingerprint density at radius 1 is 1.25 bits per heavy atom. The molecule has 1 heterocycles. The van der Waals surface area contributed by atoms with E-state index in [1.807, 2.05) is 30.3 Å². The Labute approximate surface area is 139 Å². The molecule has 24 heavy (non-hydrogen) atoms. The van der Waals surface area contributed by atoms with Gasteiger partial charge in [-0.2, -0.15) is 0 Å². The fourth-order valence-corrected chi connectivity index (χ4v) is 3.31. The minimum absolute atomic E-state index is 0.222. The zero-order valence-electron chi connectivity index (χ0n) is 13.3. The summed E-state index contributed by atoms with van der Waals surface area (Å²) in [5, 5.41) is 2.76. The number of alkyl halides is 2. The molecule has 1 saturated carbocycles. The number of hydrogen-bond acceptors (Lipinski definition) is 3. The van der Waals surface area contributed by atoms with Crippen molar-refractivity contribution in [3.63, 3.8) is 0 Å². The molecule has 2 aromatic rings. The molecule has 0 saturated heterocycles. The van der Waals surface area contributed by atoms with Gasteiger partial charge in [-0.15, -0.1) is 0 Å². The number of halogens is 2. The number of hydrogen-bond donors (Lipinski definition) is 1. The second-order valence-electron chi connectivity index (χ2n) is 6.25. The number of rotatable bonds is 6. The number of oxazole rings is 1. The Morgan fingerprint density at radius 3 is 2.54 bits per heavy atom. The van der Waals surface area contributed by atoms with Gasteiger partial charge in [0.15, 0.2) is 0 Å². The van der Waals surface area contributed by atoms with Crippen LogP contribution in [0.3, 0.4) is 0 Å². The van der Waals surface area contributed by atoms with Crippen molar-refractivity contribution in [2.45, 2.75) is 44.6 Å². The Morgan fingerprint density at radius 2 is 1.96 bits per heavy atom. The van der Waals surface area contributed by atoms with Crippen LogP contribution in [0.15, 0.2) is 47.2 Å². The maximum Gasteiger partial charge on any atom is 0.252 e. The minimum Gasteiger partial charge on any atom is -0.447 e. The van der Waals surface area contributed by atoms with E-state index in [1.54, 1.807) is 0 Å². The lowest BCUT2D eigenvalue weighted by atomic mass is 9.85. The molecule has 3 rings (SSSR count). The number of benzene rings is 1. The summed E-state index contributed by atoms with van der Waals surface area (Å²) in [5.74, 6) is -0.274. The second-order valence-corrected chi connectivity index (χ2v) is 6.25. The molecule has 0 radical (unpaired) electrons. The summed E-state index contributed by atoms with van der Waals surface area (Å²) in [6.07, 6.45) is 2.42. The van der Waals surface area contributed by atoms with Crippen LogP contribution in [-0.2, 0) is 11.2 Å². The molecule has 1 fully saturated rings. The molecule has 0 bridgehead atoms. The molecule has 0 spiro atoms. The molecular weight excluding hydrogens is 314 g/mol. The Bertz CT molecular complexity index is 653. The van der Waals surface area contributed by atoms with E-state index in [1.165, 1.54) is 12.5 Å². The lowest BCUT2D eigenvalue weighted by Crippen LogP contribution is -2.45. The number of nitrogens with zero attached hydrogens (tertiary/aromatic N) is 1. The van der Waals surface area contributed by atoms with Crippen LogP contribution >= 0.6 is 0 Å². The maximum atomic E-state index is 13.6. The maximum absolute atomic E-state index is 13.6. The third-order valence-electron chi connectivity index (χ3n) is 4.70. The number of carbonyl (C=O) groups excluding carboxylic acids is 1. The van der Waals surface area contributed by atoms with Crippen LogP contribution in [0.5, 0.6) is 0 Å². The Balaban J connectivity index is 1.80. The van der Waals surface area contributed by atoms with Crippen molar-refractivity contribution < 1.29 is 18.0 Å². The largest absolute Gasteiger partial charge is 0.447 e. The van der Waals surface area contributed by atoms with Gasteiger partial charge in [0.05, 0.1) is 6.20 Å². The first-order chi connectivity index (χ1) is 11.6. The molecule has 1 amide bonds. The van der Waals surface area contributed by atoms with Gasteiger partial charge in [-0.05, 0) is 18.4 Å². The quantitative estimate of drug-likeness (QED) is 0.872. The molecule has 1 aliphatic carbocycles. The predicted octanol–water partition coefficient (Wildman–Crippen LogP) is 3.90. The van der Waals surface area contributed by atoms with E-state index in [4.69, 9.17) is 4.42 Å². The van der Waals surface area contributed by atoms with E-state index in [9.17, 15) is 13.6 Å². The summed E-state index contributed by atoms with van der Waals surface area (Å²) in [6, 6.07) is 8.95. The standard InChI is InChI=1S/C18H20F2N2O2/c19-16(20)18(8-4-5-9-18)17(23)22-14(15-21-10-11-24-15)12-13-6-2-1-3-7-13/h1-3,6-7,10-11,14,16H,4-5,8-9,12H2,(H,22,23). The van der Waals surface area contributed by atoms with Crippen molar-refractivity contribution in [3.05, 3.63) is 54.2 Å². The number of carbonyl (C=O) groups is 1. The highest BCUT2D eigenvalue weighted by atomic mass is 19.3. The lowest BCUT2D eigenvalue weighted by molar-refractivity contribution is -0.141. The van der Waals surface area contributed by atoms with Gasteiger partial charge in [0, 0.05) is 6.42 Å². The summed E-state index contributed by atoms with van der Waals surface area (Å²) in [6.45, 7) is 0. The van der Waals surface area contributed by atoms with Crippen molar-refractivity contribution >= 4 is 5.91 Å². The molecule has 128 valence electrons. The smallest absolute Gasteiger partial charge is 0.252 e. The first-order valence-electron chi connectivity index (χ1n) is 8.14. The number of nitrogens with one attached hydrogen (secondary N) is 1. The van der Waals surface area contributed by atoms with Crippen molar-refractivity contribution in [1.29, 1.82) is 0 Å². The van der Waals surface area contributed by atoms with E-state index >= 15 is 0 Å². The molecular formula is C18H20F2N2O2. The Hall–Kier alpha value is -2.24. The number of aromatic nitrogens is 1. The summed E-state index contributed by atoms with van der Waals surface area (Å²) >= 11 is 0. The van der Waals surface area contributed by atoms with Crippen molar-refractivity contribution in [2.24, 2.45) is 5.41 Å². The first-order valence-corrected chi connectivity index (χ1v) is 8.14. The highest BCUT2D eigenvalue weighted by Crippen LogP contribution is 2.43. The highest BCUT2D eigenvalue weighted by molar-refractivity contribution is 5.83. The van der Waals surface area contributed by atoms with Gasteiger partial charge < -0.3 is 9.73 Å². The van der Waals surface area contributed by atoms with Gasteiger partial charge in [-0.1, -0.05) is 43.2 Å². The zero-order chi connectivity index (χ0) is 17.0. The van der Waals surface area contributed by atoms with Crippen LogP contribution in [0.25, 0.3) is 0 Å². The molecule has 1 aliphatic rings. The minimum atomic E-state index is -2.66. The SMILES string of the molecule is O=C(NC(Cc1ccccc1)c1ncco1)C1(C(F)F)CCCC1. The fraction of sp³-hybridized carbons (Fsp3) is 0.444. The summed E-state index contributed by atoms with van der Waals surface area (Å²) < 4.78 is 32.4. The van der Waals surface area contributed by atoms with E-state index in [-0.39, 0.29) is 12.8 Å². The van der Waals surface area contributed by atoms with Gasteiger partial charge in [0.1, 0.15) is 17.7 Å². The molecule has 6 heteroatoms. The van der Waals surface area contributed by atoms with Crippen LogP contribution in [0.2, 0.25) is 0 Å². The van der Waals surface area contributed by atoms with Crippen LogP contribution in [-0.4, -0.2) is 17.3 Å². The summed E-state index contributed by atoms with van der Waals surface area (Å²) in [4.78, 5) is 16.7. The Kier molecular flexibility index (Phi) is 4.92. The topological polar surface area (TPSA) is 55.1 Å². The normalized spacial score (nSPS) is 17.8. The van der Waals surface area contributed by atoms with Crippen molar-refractivity contribution in [2.75, 3.05) is 0 Å². The lowest BCUT2D eigenvalue weighted by Gasteiger charge is -2.28. The molecule has 4 nitrogen and oxygen atoms in total. The average molecular weight is 334 g/mol. The average Bonchev–Trinajstić information content (AvgIpc) is 3.27. The van der Waals surface area contributed by atoms with Gasteiger partial charge in [0.25, 0.3) is 6.43 Å². The van der Waals surface area contributed by atoms with Gasteiger partial charge in [-0.25, -0.2) is 13.8 Å². The monoisotopic (exact) mass is 334 g/mol. The van der Waals surface area contributed by atoms with Crippen molar-refractivity contribution in [1.82, 2.24) is 10.3 Å². The summed E-state index contributed by atoms with van der Waals surface area (Å²) in [5.41, 5.74) is -0.611. The second kappa shape index (κ2) is 7.11. The molecule has 1 unspecified atom stereocenters. The van der Waals surface area contributed by atoms with Crippen LogP contribution in [0.4, 0.5) is 8.78 Å². The van der Waals surface area contributed by atoms with E-state index in [0.29, 0.717) is 25.2 Å². The van der Waals surface area contributed by atoms with Gasteiger partial charge in [0.2, 0.25) is 11.8 Å². The van der Waals surface area contributed by atoms with Gasteiger partial charge in [-0.3, -0.25) is 4.79 Å². The van der Waals surface area contributed by atoms with Gasteiger partial charge >= 0.3 is 0 Å². The van der Waals surface area contributed by atoms with E-state index in [0.717, 1.165) is 5.56 Å². The third kappa shape index (κ3) is 3.32. The van der Waals surface area contributed by atoms with E-state index < -0.39 is 23.8 Å². The molecule has 1 aromatic heterocycles. The van der Waals surface area contributed by atoms with Crippen LogP contribution < -0.4 is 5.32 Å². The molecule has 1 aromatic carbocycles. The summed E-state index contributed by atoms with van der Waals surface area (Å²) in [7, 11) is 0. The number of amides is 1. The molecule has 0 aliphatic heterocycles. The van der Waals surface area contributed by atoms with E-state index in [2.05, 4.69) is 10.3 Å². The first kappa shape index (κ1) is 16.6. The molecule has 1 atom stereocenters. The third-order valence-corrected chi connectivity index (χ3v) is 4.70. The highest BCUT2D eigenvalue weighted by Gasteiger charge is 2.49. The van der Waals surface area contributed by atoms with Crippen molar-refractivity contribution in [3.8, 4) is 0 Å². The van der Waals surface area contributed by atoms with Crippen LogP contribution in [0.1, 0.15) is 43.2 Å². The fourth-order valence-electron chi connectivity index (χ4n) is 3.31. The predicted molar refractivity (Wildman–Crippen MR) is 84.4 cm³/mol. The zero-order valence-corrected chi connectivity index (χ0v) is 13.3. The molecule has 1 N–H and O–H groups in total. The van der Waals surface area contributed by atoms with Crippen LogP contribution in [0, 0.1) is 5.41 Å².